The molecule has 2 aromatic heterocycles. The molecule has 0 fully saturated rings. The number of nitrogens with one attached hydrogen (secondary N) is 2. The van der Waals surface area contributed by atoms with Gasteiger partial charge in [0.1, 0.15) is 30.5 Å². The van der Waals surface area contributed by atoms with Crippen LogP contribution in [0.1, 0.15) is 73.0 Å². The number of ether oxygens (including phenoxy) is 4. The second-order valence-electron chi connectivity index (χ2n) is 11.2. The third-order valence-corrected chi connectivity index (χ3v) is 8.04. The monoisotopic (exact) mass is 942 g/mol. The molecule has 0 unspecified atom stereocenters. The van der Waals surface area contributed by atoms with Crippen LogP contribution in [0.5, 0.6) is 11.5 Å². The molecule has 0 aliphatic carbocycles. The number of hydrogen-bond donors (Lipinski definition) is 2. The van der Waals surface area contributed by atoms with E-state index in [1.54, 1.807) is 0 Å². The van der Waals surface area contributed by atoms with Crippen LogP contribution in [0.4, 0.5) is 0 Å². The number of hydrogen-bond acceptors (Lipinski definition) is 6. The van der Waals surface area contributed by atoms with E-state index in [2.05, 4.69) is 90.3 Å². The van der Waals surface area contributed by atoms with Gasteiger partial charge < -0.3 is 50.2 Å². The molecule has 6 rings (SSSR count). The van der Waals surface area contributed by atoms with Crippen LogP contribution < -0.4 is 9.47 Å². The Hall–Kier alpha value is -2.48. The fraction of sp³-hybridized carbons (Fsp3) is 0.390. The summed E-state index contributed by atoms with van der Waals surface area (Å²) >= 11 is 0. The smallest absolute Gasteiger partial charge is 0.491 e. The van der Waals surface area contributed by atoms with E-state index in [0.717, 1.165) is 67.7 Å². The van der Waals surface area contributed by atoms with Gasteiger partial charge in [-0.2, -0.15) is 6.92 Å². The van der Waals surface area contributed by atoms with E-state index < -0.39 is 0 Å². The van der Waals surface area contributed by atoms with Crippen molar-refractivity contribution in [2.75, 3.05) is 39.6 Å². The second kappa shape index (κ2) is 24.7. The third-order valence-electron chi connectivity index (χ3n) is 8.04. The summed E-state index contributed by atoms with van der Waals surface area (Å²) < 4.78 is 24.1. The maximum absolute atomic E-state index is 6.36. The average molecular weight is 943 g/mol. The Morgan fingerprint density at radius 2 is 1.22 bits per heavy atom. The van der Waals surface area contributed by atoms with Crippen LogP contribution in [0.3, 0.4) is 0 Å². The zero-order valence-corrected chi connectivity index (χ0v) is 38.0. The SMILES string of the molecule is CC.CC.C[CH-]c1ncc(-c2ccc3cc2OCCOCCOCCOc2cc-3ccc2-c2ccc3nc([C@H](C)C(C)C)[nH]c3c2)[nH]1.[CH3-].[CH3-].[W].[Y+3]. The summed E-state index contributed by atoms with van der Waals surface area (Å²) in [6.07, 6.45) is 3.78. The first-order chi connectivity index (χ1) is 23.0. The van der Waals surface area contributed by atoms with E-state index in [1.165, 1.54) is 0 Å². The van der Waals surface area contributed by atoms with Crippen LogP contribution in [0.2, 0.25) is 0 Å². The summed E-state index contributed by atoms with van der Waals surface area (Å²) in [6.45, 7) is 19.4. The summed E-state index contributed by atoms with van der Waals surface area (Å²) in [7, 11) is 0. The van der Waals surface area contributed by atoms with Gasteiger partial charge in [0.2, 0.25) is 0 Å². The Bertz CT molecular complexity index is 1700. The summed E-state index contributed by atoms with van der Waals surface area (Å²) in [5, 5.41) is 0. The molecule has 10 heteroatoms. The number of imidazole rings is 2. The van der Waals surface area contributed by atoms with Crippen LogP contribution in [0.25, 0.3) is 44.5 Å². The van der Waals surface area contributed by atoms with Crippen molar-refractivity contribution in [3.8, 4) is 45.0 Å². The molecular weight excluding hydrogens is 885 g/mol. The van der Waals surface area contributed by atoms with E-state index in [1.807, 2.05) is 47.2 Å². The van der Waals surface area contributed by atoms with Gasteiger partial charge in [-0.25, -0.2) is 4.98 Å². The summed E-state index contributed by atoms with van der Waals surface area (Å²) in [5.41, 5.74) is 7.96. The van der Waals surface area contributed by atoms with Crippen molar-refractivity contribution in [1.29, 1.82) is 0 Å². The minimum absolute atomic E-state index is 0. The molecule has 8 nitrogen and oxygen atoms in total. The van der Waals surface area contributed by atoms with Crippen LogP contribution in [-0.2, 0) is 63.2 Å². The van der Waals surface area contributed by atoms with E-state index in [-0.39, 0.29) is 68.6 Å². The Morgan fingerprint density at radius 3 is 1.76 bits per heavy atom. The predicted octanol–water partition coefficient (Wildman–Crippen LogP) is 10.4. The topological polar surface area (TPSA) is 94.3 Å². The normalized spacial score (nSPS) is 13.0. The molecule has 3 heterocycles. The zero-order chi connectivity index (χ0) is 33.8. The number of fused-ring (bicyclic) bond motifs is 6. The molecule has 4 bridgehead atoms. The molecule has 0 amide bonds. The van der Waals surface area contributed by atoms with Gasteiger partial charge in [0, 0.05) is 44.3 Å². The van der Waals surface area contributed by atoms with Crippen LogP contribution in [0, 0.1) is 27.2 Å². The van der Waals surface area contributed by atoms with Gasteiger partial charge in [-0.3, -0.25) is 4.98 Å². The maximum Gasteiger partial charge on any atom is 3.00 e. The first-order valence-corrected chi connectivity index (χ1v) is 17.0. The molecule has 2 N–H and O–H groups in total. The Morgan fingerprint density at radius 1 is 0.686 bits per heavy atom. The summed E-state index contributed by atoms with van der Waals surface area (Å²) in [4.78, 5) is 16.2. The minimum Gasteiger partial charge on any atom is -0.491 e. The number of H-pyrrole nitrogens is 2. The number of aromatic nitrogens is 4. The number of benzene rings is 3. The number of nitrogens with zero attached hydrogens (tertiary/aromatic N) is 2. The Labute approximate surface area is 346 Å². The van der Waals surface area contributed by atoms with Gasteiger partial charge in [0.15, 0.2) is 0 Å². The first-order valence-electron chi connectivity index (χ1n) is 17.0. The summed E-state index contributed by atoms with van der Waals surface area (Å²) in [6, 6.07) is 19.0. The third kappa shape index (κ3) is 12.6. The second-order valence-corrected chi connectivity index (χ2v) is 11.2. The zero-order valence-electron chi connectivity index (χ0n) is 32.3. The van der Waals surface area contributed by atoms with Gasteiger partial charge in [-0.15, -0.1) is 0 Å². The maximum atomic E-state index is 6.36. The van der Waals surface area contributed by atoms with Gasteiger partial charge in [-0.05, 0) is 58.8 Å². The van der Waals surface area contributed by atoms with Crippen LogP contribution in [0.15, 0.2) is 60.8 Å². The minimum atomic E-state index is 0. The van der Waals surface area contributed by atoms with Crippen molar-refractivity contribution in [3.05, 3.63) is 93.7 Å². The van der Waals surface area contributed by atoms with E-state index in [4.69, 9.17) is 23.9 Å². The molecule has 0 spiro atoms. The molecule has 5 aromatic rings. The van der Waals surface area contributed by atoms with Gasteiger partial charge in [0.05, 0.1) is 43.2 Å². The number of rotatable bonds is 5. The van der Waals surface area contributed by atoms with E-state index in [9.17, 15) is 0 Å². The number of aromatic amines is 2. The summed E-state index contributed by atoms with van der Waals surface area (Å²) in [5.74, 6) is 4.24. The molecule has 3 aromatic carbocycles. The Kier molecular flexibility index (Phi) is 23.5. The predicted molar refractivity (Wildman–Crippen MR) is 205 cm³/mol. The van der Waals surface area contributed by atoms with Crippen molar-refractivity contribution in [1.82, 2.24) is 19.9 Å². The molecule has 1 aliphatic heterocycles. The first kappa shape index (κ1) is 48.5. The largest absolute Gasteiger partial charge is 3.00 e. The fourth-order valence-electron chi connectivity index (χ4n) is 5.20. The van der Waals surface area contributed by atoms with Crippen molar-refractivity contribution >= 4 is 11.0 Å². The van der Waals surface area contributed by atoms with Crippen molar-refractivity contribution in [2.24, 2.45) is 5.92 Å². The fourth-order valence-corrected chi connectivity index (χ4v) is 5.20. The molecule has 1 atom stereocenters. The van der Waals surface area contributed by atoms with Gasteiger partial charge >= 0.3 is 32.7 Å². The molecule has 1 aliphatic rings. The van der Waals surface area contributed by atoms with Crippen LogP contribution >= 0.6 is 0 Å². The van der Waals surface area contributed by atoms with Crippen LogP contribution in [-0.4, -0.2) is 59.6 Å². The van der Waals surface area contributed by atoms with Crippen molar-refractivity contribution < 1.29 is 72.7 Å². The molecule has 51 heavy (non-hydrogen) atoms. The quantitative estimate of drug-likeness (QED) is 0.171. The van der Waals surface area contributed by atoms with Gasteiger partial charge in [-0.1, -0.05) is 72.7 Å². The molecule has 0 radical (unpaired) electrons. The van der Waals surface area contributed by atoms with E-state index >= 15 is 0 Å². The molecule has 0 saturated heterocycles. The Balaban J connectivity index is 0.00000302. The van der Waals surface area contributed by atoms with Crippen molar-refractivity contribution in [2.45, 2.75) is 61.3 Å². The van der Waals surface area contributed by atoms with E-state index in [0.29, 0.717) is 51.5 Å². The molecule has 274 valence electrons. The van der Waals surface area contributed by atoms with Gasteiger partial charge in [0.25, 0.3) is 0 Å². The van der Waals surface area contributed by atoms with Crippen molar-refractivity contribution in [3.63, 3.8) is 0 Å². The molecular formula is C41H57N4O4WY. The standard InChI is InChI=1S/C35H39N4O4.2C2H6.2CH3.W.Y/c1-5-34-36-21-31(37-34)28-10-7-25-20-33(28)43-17-15-41-13-12-40-14-16-42-32-19-24(25)6-9-27(32)26-8-11-29-30(18-26)39-35(38-29)23(4)22(2)3;2*1-2;;;;/h5-11,18-23H,12-17H2,1-4H3,(H,36,37)(H,38,39);2*1-2H3;2*1H3;;/q-1;;;2*-1;;+3/t23-;;;;;;/m1....../s1. The average Bonchev–Trinajstić information content (AvgIpc) is 3.77. The molecule has 0 saturated carbocycles.